The van der Waals surface area contributed by atoms with E-state index in [1.54, 1.807) is 55.6 Å². The number of carbonyl (C=O) groups excluding carboxylic acids is 3. The van der Waals surface area contributed by atoms with Crippen LogP contribution in [0, 0.1) is 0 Å². The summed E-state index contributed by atoms with van der Waals surface area (Å²) < 4.78 is 11.7. The molecule has 0 saturated carbocycles. The van der Waals surface area contributed by atoms with Gasteiger partial charge in [-0.2, -0.15) is 0 Å². The molecule has 3 rings (SSSR count). The van der Waals surface area contributed by atoms with Gasteiger partial charge in [0.2, 0.25) is 5.91 Å². The summed E-state index contributed by atoms with van der Waals surface area (Å²) in [5.74, 6) is 0.470. The first kappa shape index (κ1) is 25.8. The van der Waals surface area contributed by atoms with E-state index in [4.69, 9.17) is 4.74 Å². The predicted octanol–water partition coefficient (Wildman–Crippen LogP) is 3.32. The molecule has 0 aliphatic rings. The van der Waals surface area contributed by atoms with Gasteiger partial charge < -0.3 is 24.7 Å². The van der Waals surface area contributed by atoms with Crippen LogP contribution in [-0.2, 0) is 16.1 Å². The highest BCUT2D eigenvalue weighted by molar-refractivity contribution is 7.99. The molecule has 0 saturated heterocycles. The molecule has 2 N–H and O–H groups in total. The Labute approximate surface area is 207 Å². The van der Waals surface area contributed by atoms with Crippen molar-refractivity contribution in [3.63, 3.8) is 0 Å². The molecule has 35 heavy (non-hydrogen) atoms. The van der Waals surface area contributed by atoms with Gasteiger partial charge in [0.1, 0.15) is 5.75 Å². The molecule has 0 spiro atoms. The number of hydrogen-bond acceptors (Lipinski definition) is 8. The standard InChI is InChI=1S/C24H27N5O5S/c1-5-29-21(15(2)25-22(31)16-8-12-19(33-3)13-9-16)27-28-24(29)35-14-20(30)26-18-10-6-17(7-11-18)23(32)34-4/h6-13,15H,5,14H2,1-4H3,(H,25,31)(H,26,30)/t15-/m0/s1. The van der Waals surface area contributed by atoms with Crippen LogP contribution in [0.4, 0.5) is 5.69 Å². The number of nitrogens with one attached hydrogen (secondary N) is 2. The van der Waals surface area contributed by atoms with E-state index in [0.717, 1.165) is 0 Å². The van der Waals surface area contributed by atoms with Crippen molar-refractivity contribution in [2.75, 3.05) is 25.3 Å². The molecule has 1 aromatic heterocycles. The second-order valence-electron chi connectivity index (χ2n) is 7.41. The Kier molecular flexibility index (Phi) is 8.85. The molecule has 11 heteroatoms. The second kappa shape index (κ2) is 12.0. The third-order valence-corrected chi connectivity index (χ3v) is 6.04. The Hall–Kier alpha value is -3.86. The summed E-state index contributed by atoms with van der Waals surface area (Å²) >= 11 is 1.24. The Morgan fingerprint density at radius 3 is 2.26 bits per heavy atom. The minimum Gasteiger partial charge on any atom is -0.497 e. The van der Waals surface area contributed by atoms with E-state index in [-0.39, 0.29) is 17.6 Å². The van der Waals surface area contributed by atoms with Crippen molar-refractivity contribution >= 4 is 35.2 Å². The van der Waals surface area contributed by atoms with Gasteiger partial charge in [0.25, 0.3) is 5.91 Å². The van der Waals surface area contributed by atoms with Crippen LogP contribution in [0.3, 0.4) is 0 Å². The van der Waals surface area contributed by atoms with Gasteiger partial charge in [0.15, 0.2) is 11.0 Å². The molecule has 1 heterocycles. The molecule has 0 radical (unpaired) electrons. The Morgan fingerprint density at radius 2 is 1.66 bits per heavy atom. The smallest absolute Gasteiger partial charge is 0.337 e. The molecule has 0 bridgehead atoms. The van der Waals surface area contributed by atoms with Gasteiger partial charge in [-0.25, -0.2) is 4.79 Å². The number of amides is 2. The lowest BCUT2D eigenvalue weighted by Gasteiger charge is -2.15. The molecule has 3 aromatic rings. The summed E-state index contributed by atoms with van der Waals surface area (Å²) in [5.41, 5.74) is 1.47. The average Bonchev–Trinajstić information content (AvgIpc) is 3.30. The minimum atomic E-state index is -0.442. The summed E-state index contributed by atoms with van der Waals surface area (Å²) in [5, 5.41) is 14.7. The van der Waals surface area contributed by atoms with Crippen molar-refractivity contribution in [2.24, 2.45) is 0 Å². The van der Waals surface area contributed by atoms with Crippen LogP contribution in [0.2, 0.25) is 0 Å². The van der Waals surface area contributed by atoms with Gasteiger partial charge in [0, 0.05) is 17.8 Å². The van der Waals surface area contributed by atoms with E-state index in [9.17, 15) is 14.4 Å². The van der Waals surface area contributed by atoms with E-state index in [2.05, 4.69) is 25.6 Å². The molecule has 0 aliphatic heterocycles. The van der Waals surface area contributed by atoms with Crippen LogP contribution in [0.1, 0.15) is 46.4 Å². The van der Waals surface area contributed by atoms with Crippen LogP contribution in [0.25, 0.3) is 0 Å². The van der Waals surface area contributed by atoms with Gasteiger partial charge in [0.05, 0.1) is 31.6 Å². The van der Waals surface area contributed by atoms with E-state index in [1.165, 1.54) is 18.9 Å². The lowest BCUT2D eigenvalue weighted by molar-refractivity contribution is -0.113. The van der Waals surface area contributed by atoms with Crippen molar-refractivity contribution in [1.82, 2.24) is 20.1 Å². The number of rotatable bonds is 10. The normalized spacial score (nSPS) is 11.4. The number of benzene rings is 2. The van der Waals surface area contributed by atoms with Gasteiger partial charge in [-0.3, -0.25) is 9.59 Å². The van der Waals surface area contributed by atoms with Crippen molar-refractivity contribution < 1.29 is 23.9 Å². The summed E-state index contributed by atoms with van der Waals surface area (Å²) in [6.07, 6.45) is 0. The summed E-state index contributed by atoms with van der Waals surface area (Å²) in [6.45, 7) is 4.35. The monoisotopic (exact) mass is 497 g/mol. The number of carbonyl (C=O) groups is 3. The molecule has 0 unspecified atom stereocenters. The molecule has 0 fully saturated rings. The van der Waals surface area contributed by atoms with Crippen molar-refractivity contribution in [3.05, 3.63) is 65.5 Å². The zero-order chi connectivity index (χ0) is 25.4. The molecular formula is C24H27N5O5S. The summed E-state index contributed by atoms with van der Waals surface area (Å²) in [6, 6.07) is 12.9. The van der Waals surface area contributed by atoms with E-state index < -0.39 is 12.0 Å². The van der Waals surface area contributed by atoms with Crippen LogP contribution in [-0.4, -0.2) is 52.5 Å². The lowest BCUT2D eigenvalue weighted by atomic mass is 10.2. The maximum atomic E-state index is 12.6. The number of hydrogen-bond donors (Lipinski definition) is 2. The zero-order valence-corrected chi connectivity index (χ0v) is 20.7. The number of ether oxygens (including phenoxy) is 2. The fourth-order valence-electron chi connectivity index (χ4n) is 3.25. The van der Waals surface area contributed by atoms with Gasteiger partial charge in [-0.1, -0.05) is 11.8 Å². The molecule has 2 aromatic carbocycles. The minimum absolute atomic E-state index is 0.115. The maximum Gasteiger partial charge on any atom is 0.337 e. The molecule has 10 nitrogen and oxygen atoms in total. The van der Waals surface area contributed by atoms with Crippen molar-refractivity contribution in [1.29, 1.82) is 0 Å². The Balaban J connectivity index is 1.58. The zero-order valence-electron chi connectivity index (χ0n) is 19.9. The molecule has 0 aliphatic carbocycles. The Bertz CT molecular complexity index is 1180. The van der Waals surface area contributed by atoms with E-state index in [1.807, 2.05) is 18.4 Å². The highest BCUT2D eigenvalue weighted by Gasteiger charge is 2.20. The van der Waals surface area contributed by atoms with Gasteiger partial charge in [-0.15, -0.1) is 10.2 Å². The lowest BCUT2D eigenvalue weighted by Crippen LogP contribution is -2.28. The largest absolute Gasteiger partial charge is 0.497 e. The maximum absolute atomic E-state index is 12.6. The number of anilines is 1. The fourth-order valence-corrected chi connectivity index (χ4v) is 4.06. The number of methoxy groups -OCH3 is 2. The topological polar surface area (TPSA) is 124 Å². The van der Waals surface area contributed by atoms with Gasteiger partial charge in [-0.05, 0) is 62.4 Å². The SMILES string of the molecule is CCn1c(SCC(=O)Nc2ccc(C(=O)OC)cc2)nnc1[C@H](C)NC(=O)c1ccc(OC)cc1. The first-order valence-corrected chi connectivity index (χ1v) is 11.8. The number of esters is 1. The molecule has 2 amide bonds. The summed E-state index contributed by atoms with van der Waals surface area (Å²) in [4.78, 5) is 36.5. The molecule has 184 valence electrons. The highest BCUT2D eigenvalue weighted by Crippen LogP contribution is 2.22. The van der Waals surface area contributed by atoms with E-state index in [0.29, 0.717) is 40.1 Å². The molecule has 1 atom stereocenters. The van der Waals surface area contributed by atoms with Gasteiger partial charge >= 0.3 is 5.97 Å². The summed E-state index contributed by atoms with van der Waals surface area (Å²) in [7, 11) is 2.88. The second-order valence-corrected chi connectivity index (χ2v) is 8.36. The highest BCUT2D eigenvalue weighted by atomic mass is 32.2. The first-order chi connectivity index (χ1) is 16.9. The van der Waals surface area contributed by atoms with E-state index >= 15 is 0 Å². The fraction of sp³-hybridized carbons (Fsp3) is 0.292. The molecular weight excluding hydrogens is 470 g/mol. The third kappa shape index (κ3) is 6.60. The first-order valence-electron chi connectivity index (χ1n) is 10.8. The van der Waals surface area contributed by atoms with Crippen LogP contribution >= 0.6 is 11.8 Å². The third-order valence-electron chi connectivity index (χ3n) is 5.07. The number of aromatic nitrogens is 3. The Morgan fingerprint density at radius 1 is 1.00 bits per heavy atom. The van der Waals surface area contributed by atoms with Crippen molar-refractivity contribution in [3.8, 4) is 5.75 Å². The average molecular weight is 498 g/mol. The predicted molar refractivity (Wildman–Crippen MR) is 132 cm³/mol. The number of nitrogens with zero attached hydrogens (tertiary/aromatic N) is 3. The number of thioether (sulfide) groups is 1. The quantitative estimate of drug-likeness (QED) is 0.323. The van der Waals surface area contributed by atoms with Crippen molar-refractivity contribution in [2.45, 2.75) is 31.6 Å². The van der Waals surface area contributed by atoms with Crippen LogP contribution in [0.15, 0.2) is 53.7 Å². The van der Waals surface area contributed by atoms with Crippen LogP contribution < -0.4 is 15.4 Å². The van der Waals surface area contributed by atoms with Crippen LogP contribution in [0.5, 0.6) is 5.75 Å².